The van der Waals surface area contributed by atoms with E-state index in [0.717, 1.165) is 15.8 Å². The maximum absolute atomic E-state index is 12.2. The number of aryl methyl sites for hydroxylation is 1. The van der Waals surface area contributed by atoms with Crippen LogP contribution in [0.3, 0.4) is 0 Å². The van der Waals surface area contributed by atoms with Crippen molar-refractivity contribution in [2.75, 3.05) is 18.1 Å². The molecule has 3 nitrogen and oxygen atoms in total. The standard InChI is InChI=1S/C15H16BrNO2S/c1-11-5-6-14(17)15(9-11)20(18)8-7-19-13-4-2-3-12(16)10-13/h2-6,9-10H,7-8,17H2,1H3. The first-order valence-electron chi connectivity index (χ1n) is 6.19. The van der Waals surface area contributed by atoms with Gasteiger partial charge in [-0.05, 0) is 42.8 Å². The lowest BCUT2D eigenvalue weighted by Gasteiger charge is -2.09. The first kappa shape index (κ1) is 15.1. The summed E-state index contributed by atoms with van der Waals surface area (Å²) in [7, 11) is -1.15. The van der Waals surface area contributed by atoms with Crippen LogP contribution < -0.4 is 10.5 Å². The van der Waals surface area contributed by atoms with Gasteiger partial charge in [-0.2, -0.15) is 0 Å². The largest absolute Gasteiger partial charge is 0.493 e. The maximum Gasteiger partial charge on any atom is 0.120 e. The summed E-state index contributed by atoms with van der Waals surface area (Å²) in [5.74, 6) is 1.17. The first-order valence-corrected chi connectivity index (χ1v) is 8.30. The number of nitrogen functional groups attached to an aromatic ring is 1. The molecule has 0 aliphatic carbocycles. The first-order chi connectivity index (χ1) is 9.56. The number of benzene rings is 2. The lowest BCUT2D eigenvalue weighted by atomic mass is 10.2. The zero-order valence-electron chi connectivity index (χ0n) is 11.1. The summed E-state index contributed by atoms with van der Waals surface area (Å²) in [6.07, 6.45) is 0. The average molecular weight is 354 g/mol. The van der Waals surface area contributed by atoms with E-state index in [2.05, 4.69) is 15.9 Å². The fraction of sp³-hybridized carbons (Fsp3) is 0.200. The highest BCUT2D eigenvalue weighted by molar-refractivity contribution is 9.10. The number of hydrogen-bond donors (Lipinski definition) is 1. The second-order valence-electron chi connectivity index (χ2n) is 4.40. The highest BCUT2D eigenvalue weighted by Gasteiger charge is 2.08. The number of rotatable bonds is 5. The van der Waals surface area contributed by atoms with E-state index >= 15 is 0 Å². The SMILES string of the molecule is Cc1ccc(N)c(S(=O)CCOc2cccc(Br)c2)c1. The Morgan fingerprint density at radius 1 is 1.25 bits per heavy atom. The molecular weight excluding hydrogens is 338 g/mol. The Morgan fingerprint density at radius 2 is 2.05 bits per heavy atom. The molecule has 0 spiro atoms. The quantitative estimate of drug-likeness (QED) is 0.836. The van der Waals surface area contributed by atoms with Crippen molar-refractivity contribution in [3.63, 3.8) is 0 Å². The highest BCUT2D eigenvalue weighted by Crippen LogP contribution is 2.20. The van der Waals surface area contributed by atoms with Crippen LogP contribution in [0.4, 0.5) is 5.69 Å². The van der Waals surface area contributed by atoms with Crippen molar-refractivity contribution in [3.05, 3.63) is 52.5 Å². The highest BCUT2D eigenvalue weighted by atomic mass is 79.9. The van der Waals surface area contributed by atoms with Crippen LogP contribution in [0, 0.1) is 6.92 Å². The van der Waals surface area contributed by atoms with E-state index in [1.807, 2.05) is 43.3 Å². The number of hydrogen-bond acceptors (Lipinski definition) is 3. The summed E-state index contributed by atoms with van der Waals surface area (Å²) >= 11 is 3.38. The Hall–Kier alpha value is -1.33. The zero-order valence-corrected chi connectivity index (χ0v) is 13.5. The molecule has 0 bridgehead atoms. The Balaban J connectivity index is 1.94. The van der Waals surface area contributed by atoms with E-state index in [1.54, 1.807) is 6.07 Å². The molecular formula is C15H16BrNO2S. The van der Waals surface area contributed by atoms with Gasteiger partial charge in [0.25, 0.3) is 0 Å². The van der Waals surface area contributed by atoms with Gasteiger partial charge >= 0.3 is 0 Å². The Kier molecular flexibility index (Phi) is 5.20. The van der Waals surface area contributed by atoms with Gasteiger partial charge < -0.3 is 10.5 Å². The van der Waals surface area contributed by atoms with Crippen molar-refractivity contribution in [2.24, 2.45) is 0 Å². The van der Waals surface area contributed by atoms with Crippen molar-refractivity contribution >= 4 is 32.4 Å². The molecule has 20 heavy (non-hydrogen) atoms. The molecule has 1 atom stereocenters. The molecule has 2 N–H and O–H groups in total. The minimum absolute atomic E-state index is 0.385. The molecule has 0 aromatic heterocycles. The van der Waals surface area contributed by atoms with E-state index in [0.29, 0.717) is 22.9 Å². The van der Waals surface area contributed by atoms with Gasteiger partial charge in [0.2, 0.25) is 0 Å². The van der Waals surface area contributed by atoms with Gasteiger partial charge in [0.15, 0.2) is 0 Å². The maximum atomic E-state index is 12.2. The molecule has 0 aliphatic rings. The summed E-state index contributed by atoms with van der Waals surface area (Å²) in [6.45, 7) is 2.34. The summed E-state index contributed by atoms with van der Waals surface area (Å²) in [5, 5.41) is 0. The number of halogens is 1. The van der Waals surface area contributed by atoms with E-state index in [4.69, 9.17) is 10.5 Å². The molecule has 2 aromatic carbocycles. The third-order valence-corrected chi connectivity index (χ3v) is 4.62. The smallest absolute Gasteiger partial charge is 0.120 e. The Labute approximate surface area is 129 Å². The number of ether oxygens (including phenoxy) is 1. The van der Waals surface area contributed by atoms with Crippen LogP contribution in [0.25, 0.3) is 0 Å². The molecule has 0 heterocycles. The van der Waals surface area contributed by atoms with Crippen LogP contribution in [-0.2, 0) is 10.8 Å². The van der Waals surface area contributed by atoms with Crippen LogP contribution in [0.1, 0.15) is 5.56 Å². The summed E-state index contributed by atoms with van der Waals surface area (Å²) in [4.78, 5) is 0.683. The Morgan fingerprint density at radius 3 is 2.80 bits per heavy atom. The molecule has 5 heteroatoms. The van der Waals surface area contributed by atoms with Gasteiger partial charge in [0.1, 0.15) is 12.4 Å². The summed E-state index contributed by atoms with van der Waals surface area (Å²) in [6, 6.07) is 13.1. The van der Waals surface area contributed by atoms with Crippen LogP contribution in [0.2, 0.25) is 0 Å². The minimum Gasteiger partial charge on any atom is -0.493 e. The average Bonchev–Trinajstić information content (AvgIpc) is 2.41. The third-order valence-electron chi connectivity index (χ3n) is 2.75. The fourth-order valence-electron chi connectivity index (χ4n) is 1.74. The number of anilines is 1. The van der Waals surface area contributed by atoms with E-state index in [1.165, 1.54) is 0 Å². The molecule has 106 valence electrons. The van der Waals surface area contributed by atoms with Crippen molar-refractivity contribution in [3.8, 4) is 5.75 Å². The topological polar surface area (TPSA) is 52.3 Å². The van der Waals surface area contributed by atoms with E-state index in [-0.39, 0.29) is 0 Å². The molecule has 0 radical (unpaired) electrons. The van der Waals surface area contributed by atoms with E-state index < -0.39 is 10.8 Å². The van der Waals surface area contributed by atoms with Gasteiger partial charge in [-0.15, -0.1) is 0 Å². The summed E-state index contributed by atoms with van der Waals surface area (Å²) < 4.78 is 18.8. The second kappa shape index (κ2) is 6.90. The molecule has 2 aromatic rings. The number of nitrogens with two attached hydrogens (primary N) is 1. The Bertz CT molecular complexity index is 631. The van der Waals surface area contributed by atoms with Gasteiger partial charge in [-0.1, -0.05) is 28.1 Å². The van der Waals surface area contributed by atoms with Crippen LogP contribution in [0.15, 0.2) is 51.8 Å². The fourth-order valence-corrected chi connectivity index (χ4v) is 3.22. The van der Waals surface area contributed by atoms with Crippen LogP contribution in [0.5, 0.6) is 5.75 Å². The van der Waals surface area contributed by atoms with Crippen molar-refractivity contribution in [1.29, 1.82) is 0 Å². The predicted molar refractivity (Wildman–Crippen MR) is 86.5 cm³/mol. The lowest BCUT2D eigenvalue weighted by Crippen LogP contribution is -2.10. The molecule has 0 saturated carbocycles. The van der Waals surface area contributed by atoms with Gasteiger partial charge in [0.05, 0.1) is 21.4 Å². The van der Waals surface area contributed by atoms with Crippen molar-refractivity contribution < 1.29 is 8.95 Å². The molecule has 1 unspecified atom stereocenters. The third kappa shape index (κ3) is 4.08. The monoisotopic (exact) mass is 353 g/mol. The van der Waals surface area contributed by atoms with Crippen molar-refractivity contribution in [2.45, 2.75) is 11.8 Å². The lowest BCUT2D eigenvalue weighted by molar-refractivity contribution is 0.342. The molecule has 2 rings (SSSR count). The normalized spacial score (nSPS) is 12.1. The zero-order chi connectivity index (χ0) is 14.5. The second-order valence-corrected chi connectivity index (χ2v) is 6.85. The molecule has 0 amide bonds. The summed E-state index contributed by atoms with van der Waals surface area (Å²) in [5.41, 5.74) is 7.47. The van der Waals surface area contributed by atoms with E-state index in [9.17, 15) is 4.21 Å². The van der Waals surface area contributed by atoms with Crippen molar-refractivity contribution in [1.82, 2.24) is 0 Å². The van der Waals surface area contributed by atoms with Gasteiger partial charge in [0, 0.05) is 10.2 Å². The predicted octanol–water partition coefficient (Wildman–Crippen LogP) is 3.53. The molecule has 0 fully saturated rings. The minimum atomic E-state index is -1.15. The molecule has 0 saturated heterocycles. The van der Waals surface area contributed by atoms with Gasteiger partial charge in [-0.25, -0.2) is 0 Å². The van der Waals surface area contributed by atoms with Crippen LogP contribution >= 0.6 is 15.9 Å². The van der Waals surface area contributed by atoms with Crippen LogP contribution in [-0.4, -0.2) is 16.6 Å². The molecule has 0 aliphatic heterocycles. The van der Waals surface area contributed by atoms with Gasteiger partial charge in [-0.3, -0.25) is 4.21 Å².